The number of rotatable bonds is 5. The van der Waals surface area contributed by atoms with Crippen LogP contribution in [0.1, 0.15) is 11.3 Å². The first kappa shape index (κ1) is 16.2. The van der Waals surface area contributed by atoms with Crippen molar-refractivity contribution in [3.8, 4) is 0 Å². The number of urea groups is 1. The van der Waals surface area contributed by atoms with Gasteiger partial charge >= 0.3 is 6.03 Å². The molecule has 5 nitrogen and oxygen atoms in total. The molecule has 2 heterocycles. The average molecular weight is 346 g/mol. The van der Waals surface area contributed by atoms with Gasteiger partial charge in [0.1, 0.15) is 11.6 Å². The van der Waals surface area contributed by atoms with Crippen LogP contribution in [0.2, 0.25) is 0 Å². The highest BCUT2D eigenvalue weighted by Crippen LogP contribution is 2.31. The highest BCUT2D eigenvalue weighted by molar-refractivity contribution is 7.08. The van der Waals surface area contributed by atoms with Gasteiger partial charge in [0.2, 0.25) is 0 Å². The summed E-state index contributed by atoms with van der Waals surface area (Å²) in [6.45, 7) is -0.0791. The van der Waals surface area contributed by atoms with E-state index in [4.69, 9.17) is 4.42 Å². The zero-order valence-corrected chi connectivity index (χ0v) is 13.3. The van der Waals surface area contributed by atoms with E-state index < -0.39 is 11.6 Å². The molecule has 0 saturated heterocycles. The maximum atomic E-state index is 12.9. The number of nitrogens with one attached hydrogen (secondary N) is 2. The number of carbonyl (C=O) groups excluding carboxylic acids is 1. The number of amides is 2. The van der Waals surface area contributed by atoms with Crippen LogP contribution in [0.25, 0.3) is 0 Å². The third kappa shape index (κ3) is 3.47. The fraction of sp³-hybridized carbons (Fsp3) is 0.118. The van der Waals surface area contributed by atoms with Crippen LogP contribution < -0.4 is 10.6 Å². The molecule has 1 unspecified atom stereocenters. The predicted molar refractivity (Wildman–Crippen MR) is 89.4 cm³/mol. The number of anilines is 1. The Balaban J connectivity index is 1.70. The fourth-order valence-electron chi connectivity index (χ4n) is 2.26. The Morgan fingerprint density at radius 3 is 2.67 bits per heavy atom. The molecule has 0 spiro atoms. The van der Waals surface area contributed by atoms with Gasteiger partial charge in [-0.05, 0) is 53.2 Å². The number of thiophene rings is 1. The standard InChI is InChI=1S/C17H15FN2O3S/c18-13-3-5-14(6-4-13)20-16(21)19-11-17(22,12-7-9-24-10-12)15-2-1-8-23-15/h1-10,22H,11H2,(H2,19,20,21). The average Bonchev–Trinajstić information content (AvgIpc) is 3.28. The van der Waals surface area contributed by atoms with E-state index in [-0.39, 0.29) is 12.4 Å². The van der Waals surface area contributed by atoms with Gasteiger partial charge in [0.25, 0.3) is 0 Å². The topological polar surface area (TPSA) is 74.5 Å². The number of carbonyl (C=O) groups is 1. The second-order valence-electron chi connectivity index (χ2n) is 5.16. The summed E-state index contributed by atoms with van der Waals surface area (Å²) in [6, 6.07) is 9.98. The molecule has 0 fully saturated rings. The van der Waals surface area contributed by atoms with Gasteiger partial charge in [0, 0.05) is 11.3 Å². The monoisotopic (exact) mass is 346 g/mol. The van der Waals surface area contributed by atoms with Gasteiger partial charge in [0.05, 0.1) is 12.8 Å². The Hall–Kier alpha value is -2.64. The molecule has 7 heteroatoms. The maximum absolute atomic E-state index is 12.9. The lowest BCUT2D eigenvalue weighted by atomic mass is 9.93. The van der Waals surface area contributed by atoms with E-state index in [9.17, 15) is 14.3 Å². The van der Waals surface area contributed by atoms with Crippen molar-refractivity contribution in [1.82, 2.24) is 5.32 Å². The number of hydrogen-bond acceptors (Lipinski definition) is 4. The normalized spacial score (nSPS) is 13.2. The summed E-state index contributed by atoms with van der Waals surface area (Å²) in [4.78, 5) is 12.0. The van der Waals surface area contributed by atoms with Crippen molar-refractivity contribution >= 4 is 23.1 Å². The van der Waals surface area contributed by atoms with Gasteiger partial charge in [-0.1, -0.05) is 0 Å². The Morgan fingerprint density at radius 2 is 2.04 bits per heavy atom. The first-order valence-electron chi connectivity index (χ1n) is 7.17. The number of furan rings is 1. The Kier molecular flexibility index (Phi) is 4.64. The Labute approximate surface area is 141 Å². The van der Waals surface area contributed by atoms with E-state index in [1.54, 1.807) is 23.6 Å². The molecule has 3 aromatic rings. The number of halogens is 1. The summed E-state index contributed by atoms with van der Waals surface area (Å²) < 4.78 is 18.2. The SMILES string of the molecule is O=C(NCC(O)(c1ccsc1)c1ccco1)Nc1ccc(F)cc1. The van der Waals surface area contributed by atoms with E-state index in [1.807, 2.05) is 5.38 Å². The molecule has 124 valence electrons. The lowest BCUT2D eigenvalue weighted by Crippen LogP contribution is -2.42. The molecule has 0 radical (unpaired) electrons. The molecule has 0 aliphatic heterocycles. The summed E-state index contributed by atoms with van der Waals surface area (Å²) in [7, 11) is 0. The fourth-order valence-corrected chi connectivity index (χ4v) is 2.99. The third-order valence-corrected chi connectivity index (χ3v) is 4.22. The molecule has 1 atom stereocenters. The molecule has 1 aromatic carbocycles. The Bertz CT molecular complexity index is 752. The third-order valence-electron chi connectivity index (χ3n) is 3.53. The number of hydrogen-bond donors (Lipinski definition) is 3. The largest absolute Gasteiger partial charge is 0.466 e. The molecule has 0 aliphatic rings. The Morgan fingerprint density at radius 1 is 1.25 bits per heavy atom. The van der Waals surface area contributed by atoms with Crippen molar-refractivity contribution in [3.63, 3.8) is 0 Å². The van der Waals surface area contributed by atoms with E-state index in [2.05, 4.69) is 10.6 Å². The van der Waals surface area contributed by atoms with Crippen molar-refractivity contribution in [2.75, 3.05) is 11.9 Å². The summed E-state index contributed by atoms with van der Waals surface area (Å²) in [6.07, 6.45) is 1.46. The summed E-state index contributed by atoms with van der Waals surface area (Å²) in [5.41, 5.74) is -0.389. The second-order valence-corrected chi connectivity index (χ2v) is 5.94. The van der Waals surface area contributed by atoms with Gasteiger partial charge in [0.15, 0.2) is 5.60 Å². The van der Waals surface area contributed by atoms with Crippen LogP contribution in [0.5, 0.6) is 0 Å². The molecule has 2 aromatic heterocycles. The highest BCUT2D eigenvalue weighted by atomic mass is 32.1. The van der Waals surface area contributed by atoms with Crippen molar-refractivity contribution in [3.05, 3.63) is 76.6 Å². The van der Waals surface area contributed by atoms with Crippen LogP contribution in [0.15, 0.2) is 63.9 Å². The molecule has 3 N–H and O–H groups in total. The summed E-state index contributed by atoms with van der Waals surface area (Å²) in [5, 5.41) is 19.8. The van der Waals surface area contributed by atoms with E-state index >= 15 is 0 Å². The first-order valence-corrected chi connectivity index (χ1v) is 8.12. The summed E-state index contributed by atoms with van der Waals surface area (Å²) in [5.74, 6) is -0.0476. The van der Waals surface area contributed by atoms with Crippen molar-refractivity contribution in [2.24, 2.45) is 0 Å². The molecule has 24 heavy (non-hydrogen) atoms. The quantitative estimate of drug-likeness (QED) is 0.661. The van der Waals surface area contributed by atoms with Gasteiger partial charge < -0.3 is 20.2 Å². The highest BCUT2D eigenvalue weighted by Gasteiger charge is 2.35. The minimum absolute atomic E-state index is 0.0791. The van der Waals surface area contributed by atoms with Crippen LogP contribution in [-0.4, -0.2) is 17.7 Å². The van der Waals surface area contributed by atoms with Crippen LogP contribution >= 0.6 is 11.3 Å². The molecule has 0 bridgehead atoms. The van der Waals surface area contributed by atoms with Crippen LogP contribution in [-0.2, 0) is 5.60 Å². The predicted octanol–water partition coefficient (Wildman–Crippen LogP) is 3.54. The maximum Gasteiger partial charge on any atom is 0.319 e. The van der Waals surface area contributed by atoms with Gasteiger partial charge in [-0.2, -0.15) is 11.3 Å². The molecule has 0 aliphatic carbocycles. The minimum Gasteiger partial charge on any atom is -0.466 e. The van der Waals surface area contributed by atoms with Crippen LogP contribution in [0.3, 0.4) is 0 Å². The molecule has 3 rings (SSSR count). The van der Waals surface area contributed by atoms with Crippen molar-refractivity contribution in [2.45, 2.75) is 5.60 Å². The summed E-state index contributed by atoms with van der Waals surface area (Å²) >= 11 is 1.44. The molecule has 2 amide bonds. The van der Waals surface area contributed by atoms with Crippen molar-refractivity contribution < 1.29 is 18.7 Å². The zero-order chi connectivity index (χ0) is 17.0. The van der Waals surface area contributed by atoms with Crippen LogP contribution in [0.4, 0.5) is 14.9 Å². The zero-order valence-electron chi connectivity index (χ0n) is 12.5. The van der Waals surface area contributed by atoms with Crippen molar-refractivity contribution in [1.29, 1.82) is 0 Å². The van der Waals surface area contributed by atoms with Gasteiger partial charge in [-0.3, -0.25) is 0 Å². The number of aliphatic hydroxyl groups is 1. The smallest absolute Gasteiger partial charge is 0.319 e. The molecule has 0 saturated carbocycles. The number of benzene rings is 1. The van der Waals surface area contributed by atoms with Crippen LogP contribution in [0, 0.1) is 5.82 Å². The van der Waals surface area contributed by atoms with E-state index in [0.717, 1.165) is 0 Å². The second kappa shape index (κ2) is 6.86. The lowest BCUT2D eigenvalue weighted by Gasteiger charge is -2.25. The van der Waals surface area contributed by atoms with E-state index in [0.29, 0.717) is 17.0 Å². The molecular formula is C17H15FN2O3S. The minimum atomic E-state index is -1.47. The molecular weight excluding hydrogens is 331 g/mol. The van der Waals surface area contributed by atoms with Gasteiger partial charge in [-0.25, -0.2) is 9.18 Å². The van der Waals surface area contributed by atoms with E-state index in [1.165, 1.54) is 41.9 Å². The van der Waals surface area contributed by atoms with Gasteiger partial charge in [-0.15, -0.1) is 0 Å². The first-order chi connectivity index (χ1) is 11.6. The lowest BCUT2D eigenvalue weighted by molar-refractivity contribution is 0.0597.